The van der Waals surface area contributed by atoms with Crippen molar-refractivity contribution in [2.45, 2.75) is 6.92 Å². The van der Waals surface area contributed by atoms with E-state index in [0.29, 0.717) is 11.5 Å². The number of hydrogen-bond donors (Lipinski definition) is 2. The molecule has 2 aromatic rings. The van der Waals surface area contributed by atoms with Gasteiger partial charge in [0.05, 0.1) is 5.56 Å². The van der Waals surface area contributed by atoms with Crippen LogP contribution in [0.1, 0.15) is 15.9 Å². The summed E-state index contributed by atoms with van der Waals surface area (Å²) in [5.41, 5.74) is 2.04. The summed E-state index contributed by atoms with van der Waals surface area (Å²) in [6.45, 7) is 1.96. The fourth-order valence-corrected chi connectivity index (χ4v) is 1.42. The molecule has 0 atom stereocenters. The zero-order valence-corrected chi connectivity index (χ0v) is 9.34. The third kappa shape index (κ3) is 2.81. The molecule has 4 nitrogen and oxygen atoms in total. The van der Waals surface area contributed by atoms with Gasteiger partial charge in [-0.25, -0.2) is 9.78 Å². The van der Waals surface area contributed by atoms with E-state index in [2.05, 4.69) is 10.3 Å². The number of aromatic nitrogens is 1. The Kier molecular flexibility index (Phi) is 3.05. The van der Waals surface area contributed by atoms with Gasteiger partial charge in [0.25, 0.3) is 0 Å². The minimum atomic E-state index is -0.939. The van der Waals surface area contributed by atoms with Crippen molar-refractivity contribution in [3.63, 3.8) is 0 Å². The van der Waals surface area contributed by atoms with Crippen molar-refractivity contribution in [1.82, 2.24) is 4.98 Å². The first kappa shape index (κ1) is 11.1. The van der Waals surface area contributed by atoms with Gasteiger partial charge in [0, 0.05) is 11.9 Å². The van der Waals surface area contributed by atoms with Gasteiger partial charge >= 0.3 is 5.97 Å². The molecule has 0 fully saturated rings. The third-order valence-corrected chi connectivity index (χ3v) is 2.29. The monoisotopic (exact) mass is 228 g/mol. The lowest BCUT2D eigenvalue weighted by Crippen LogP contribution is -1.98. The fraction of sp³-hybridized carbons (Fsp3) is 0.0769. The summed E-state index contributed by atoms with van der Waals surface area (Å²) >= 11 is 0. The van der Waals surface area contributed by atoms with Crippen LogP contribution in [0.5, 0.6) is 0 Å². The minimum Gasteiger partial charge on any atom is -0.478 e. The largest absolute Gasteiger partial charge is 0.478 e. The molecule has 1 heterocycles. The summed E-state index contributed by atoms with van der Waals surface area (Å²) < 4.78 is 0. The average molecular weight is 228 g/mol. The Morgan fingerprint density at radius 3 is 2.76 bits per heavy atom. The third-order valence-electron chi connectivity index (χ3n) is 2.29. The summed E-state index contributed by atoms with van der Waals surface area (Å²) in [4.78, 5) is 15.0. The molecule has 0 unspecified atom stereocenters. The van der Waals surface area contributed by atoms with Crippen LogP contribution < -0.4 is 5.32 Å². The van der Waals surface area contributed by atoms with Crippen LogP contribution in [-0.4, -0.2) is 16.1 Å². The maximum absolute atomic E-state index is 10.8. The zero-order chi connectivity index (χ0) is 12.3. The molecule has 0 aliphatic heterocycles. The highest BCUT2D eigenvalue weighted by Crippen LogP contribution is 2.16. The number of pyridine rings is 1. The van der Waals surface area contributed by atoms with Crippen LogP contribution in [0.2, 0.25) is 0 Å². The fourth-order valence-electron chi connectivity index (χ4n) is 1.42. The number of hydrogen-bond acceptors (Lipinski definition) is 3. The number of aromatic carboxylic acids is 1. The van der Waals surface area contributed by atoms with Crippen molar-refractivity contribution in [3.05, 3.63) is 53.7 Å². The molecule has 1 aromatic heterocycles. The Labute approximate surface area is 98.9 Å². The second kappa shape index (κ2) is 4.65. The summed E-state index contributed by atoms with van der Waals surface area (Å²) in [5, 5.41) is 11.9. The van der Waals surface area contributed by atoms with Gasteiger partial charge in [0.15, 0.2) is 0 Å². The highest BCUT2D eigenvalue weighted by atomic mass is 16.4. The molecule has 4 heteroatoms. The molecule has 1 aromatic carbocycles. The standard InChI is InChI=1S/C13H12N2O2/c1-9-5-6-12(14-8-9)15-11-4-2-3-10(7-11)13(16)17/h2-8H,1H3,(H,14,15)(H,16,17). The van der Waals surface area contributed by atoms with Gasteiger partial charge in [-0.3, -0.25) is 0 Å². The van der Waals surface area contributed by atoms with Gasteiger partial charge in [-0.1, -0.05) is 12.1 Å². The number of carbonyl (C=O) groups is 1. The number of rotatable bonds is 3. The SMILES string of the molecule is Cc1ccc(Nc2cccc(C(=O)O)c2)nc1. The quantitative estimate of drug-likeness (QED) is 0.847. The van der Waals surface area contributed by atoms with Crippen molar-refractivity contribution in [3.8, 4) is 0 Å². The lowest BCUT2D eigenvalue weighted by molar-refractivity contribution is 0.0697. The normalized spacial score (nSPS) is 9.94. The van der Waals surface area contributed by atoms with E-state index in [-0.39, 0.29) is 5.56 Å². The number of carboxylic acids is 1. The van der Waals surface area contributed by atoms with Gasteiger partial charge in [-0.15, -0.1) is 0 Å². The van der Waals surface area contributed by atoms with Crippen molar-refractivity contribution >= 4 is 17.5 Å². The number of nitrogens with zero attached hydrogens (tertiary/aromatic N) is 1. The molecule has 86 valence electrons. The number of nitrogens with one attached hydrogen (secondary N) is 1. The van der Waals surface area contributed by atoms with Crippen LogP contribution in [0, 0.1) is 6.92 Å². The zero-order valence-electron chi connectivity index (χ0n) is 9.34. The van der Waals surface area contributed by atoms with Crippen molar-refractivity contribution in [2.75, 3.05) is 5.32 Å². The van der Waals surface area contributed by atoms with E-state index in [4.69, 9.17) is 5.11 Å². The molecule has 0 bridgehead atoms. The van der Waals surface area contributed by atoms with E-state index in [1.807, 2.05) is 19.1 Å². The van der Waals surface area contributed by atoms with Crippen LogP contribution in [0.25, 0.3) is 0 Å². The molecule has 2 N–H and O–H groups in total. The van der Waals surface area contributed by atoms with Crippen LogP contribution in [0.4, 0.5) is 11.5 Å². The lowest BCUT2D eigenvalue weighted by atomic mass is 10.2. The summed E-state index contributed by atoms with van der Waals surface area (Å²) in [6, 6.07) is 10.4. The van der Waals surface area contributed by atoms with Crippen LogP contribution in [0.3, 0.4) is 0 Å². The number of carboxylic acid groups (broad SMARTS) is 1. The van der Waals surface area contributed by atoms with Gasteiger partial charge in [0.1, 0.15) is 5.82 Å². The first-order valence-corrected chi connectivity index (χ1v) is 5.18. The Morgan fingerprint density at radius 1 is 1.29 bits per heavy atom. The van der Waals surface area contributed by atoms with Crippen LogP contribution >= 0.6 is 0 Å². The van der Waals surface area contributed by atoms with Crippen molar-refractivity contribution in [2.24, 2.45) is 0 Å². The predicted molar refractivity (Wildman–Crippen MR) is 65.7 cm³/mol. The summed E-state index contributed by atoms with van der Waals surface area (Å²) in [6.07, 6.45) is 1.75. The first-order valence-electron chi connectivity index (χ1n) is 5.18. The molecule has 0 saturated carbocycles. The minimum absolute atomic E-state index is 0.252. The molecule has 2 rings (SSSR count). The van der Waals surface area contributed by atoms with Crippen LogP contribution in [-0.2, 0) is 0 Å². The van der Waals surface area contributed by atoms with Gasteiger partial charge < -0.3 is 10.4 Å². The van der Waals surface area contributed by atoms with Gasteiger partial charge in [-0.05, 0) is 36.8 Å². The predicted octanol–water partition coefficient (Wildman–Crippen LogP) is 2.83. The molecule has 0 saturated heterocycles. The Hall–Kier alpha value is -2.36. The Balaban J connectivity index is 2.21. The van der Waals surface area contributed by atoms with E-state index >= 15 is 0 Å². The first-order chi connectivity index (χ1) is 8.15. The summed E-state index contributed by atoms with van der Waals surface area (Å²) in [7, 11) is 0. The molecule has 17 heavy (non-hydrogen) atoms. The molecular formula is C13H12N2O2. The van der Waals surface area contributed by atoms with Gasteiger partial charge in [0.2, 0.25) is 0 Å². The maximum Gasteiger partial charge on any atom is 0.335 e. The number of aryl methyl sites for hydroxylation is 1. The van der Waals surface area contributed by atoms with Crippen molar-refractivity contribution < 1.29 is 9.90 Å². The highest BCUT2D eigenvalue weighted by Gasteiger charge is 2.03. The highest BCUT2D eigenvalue weighted by molar-refractivity contribution is 5.89. The molecule has 0 aliphatic rings. The number of benzene rings is 1. The van der Waals surface area contributed by atoms with Gasteiger partial charge in [-0.2, -0.15) is 0 Å². The number of anilines is 2. The summed E-state index contributed by atoms with van der Waals surface area (Å²) in [5.74, 6) is -0.247. The molecular weight excluding hydrogens is 216 g/mol. The Bertz CT molecular complexity index is 535. The Morgan fingerprint density at radius 2 is 2.12 bits per heavy atom. The van der Waals surface area contributed by atoms with E-state index < -0.39 is 5.97 Å². The molecule has 0 amide bonds. The van der Waals surface area contributed by atoms with E-state index in [1.165, 1.54) is 0 Å². The topological polar surface area (TPSA) is 62.2 Å². The van der Waals surface area contributed by atoms with Crippen molar-refractivity contribution in [1.29, 1.82) is 0 Å². The smallest absolute Gasteiger partial charge is 0.335 e. The molecule has 0 radical (unpaired) electrons. The van der Waals surface area contributed by atoms with E-state index in [9.17, 15) is 4.79 Å². The maximum atomic E-state index is 10.8. The second-order valence-corrected chi connectivity index (χ2v) is 3.73. The van der Waals surface area contributed by atoms with Crippen LogP contribution in [0.15, 0.2) is 42.6 Å². The molecule has 0 spiro atoms. The molecule has 0 aliphatic carbocycles. The lowest BCUT2D eigenvalue weighted by Gasteiger charge is -2.06. The second-order valence-electron chi connectivity index (χ2n) is 3.73. The average Bonchev–Trinajstić information content (AvgIpc) is 2.32. The van der Waals surface area contributed by atoms with E-state index in [0.717, 1.165) is 5.56 Å². The van der Waals surface area contributed by atoms with E-state index in [1.54, 1.807) is 30.5 Å².